The zero-order chi connectivity index (χ0) is 19.7. The normalized spacial score (nSPS) is 25.5. The van der Waals surface area contributed by atoms with Gasteiger partial charge >= 0.3 is 0 Å². The van der Waals surface area contributed by atoms with E-state index in [1.165, 1.54) is 6.08 Å². The van der Waals surface area contributed by atoms with Crippen LogP contribution >= 0.6 is 0 Å². The number of aliphatic hydroxyl groups excluding tert-OH is 1. The van der Waals surface area contributed by atoms with E-state index < -0.39 is 6.10 Å². The van der Waals surface area contributed by atoms with Gasteiger partial charge in [-0.15, -0.1) is 0 Å². The topological polar surface area (TPSA) is 73.3 Å². The van der Waals surface area contributed by atoms with E-state index in [4.69, 9.17) is 4.74 Å². The molecule has 7 nitrogen and oxygen atoms in total. The van der Waals surface area contributed by atoms with E-state index in [9.17, 15) is 14.7 Å². The summed E-state index contributed by atoms with van der Waals surface area (Å²) < 4.78 is 5.39. The van der Waals surface area contributed by atoms with Crippen LogP contribution in [0.15, 0.2) is 30.9 Å². The van der Waals surface area contributed by atoms with Gasteiger partial charge in [-0.05, 0) is 42.7 Å². The van der Waals surface area contributed by atoms with Gasteiger partial charge in [-0.2, -0.15) is 0 Å². The van der Waals surface area contributed by atoms with Crippen LogP contribution in [0, 0.1) is 0 Å². The molecule has 2 fully saturated rings. The van der Waals surface area contributed by atoms with Crippen LogP contribution in [-0.4, -0.2) is 84.8 Å². The van der Waals surface area contributed by atoms with E-state index in [0.29, 0.717) is 38.4 Å². The Morgan fingerprint density at radius 3 is 2.71 bits per heavy atom. The van der Waals surface area contributed by atoms with Crippen molar-refractivity contribution in [3.63, 3.8) is 0 Å². The SMILES string of the molecule is C=CC(=O)N1CCCc2cc(C(=O)N3C[C@@H](O)[C@H](N4CCOCC4)C3)ccc21. The Morgan fingerprint density at radius 1 is 1.18 bits per heavy atom. The van der Waals surface area contributed by atoms with Gasteiger partial charge in [-0.1, -0.05) is 6.58 Å². The molecule has 0 saturated carbocycles. The average Bonchev–Trinajstić information content (AvgIpc) is 3.14. The number of aryl methyl sites for hydroxylation is 1. The van der Waals surface area contributed by atoms with Crippen LogP contribution in [0.1, 0.15) is 22.3 Å². The van der Waals surface area contributed by atoms with Crippen LogP contribution < -0.4 is 4.90 Å². The van der Waals surface area contributed by atoms with Gasteiger partial charge < -0.3 is 19.6 Å². The maximum atomic E-state index is 13.1. The maximum Gasteiger partial charge on any atom is 0.254 e. The number of β-amino-alcohol motifs (C(OH)–C–C–N with tert-alkyl or cyclic N) is 1. The lowest BCUT2D eigenvalue weighted by atomic mass is 9.98. The number of hydrogen-bond donors (Lipinski definition) is 1. The standard InChI is InChI=1S/C21H27N3O4/c1-2-20(26)24-7-3-4-15-12-16(5-6-17(15)24)21(27)23-13-18(19(25)14-23)22-8-10-28-11-9-22/h2,5-6,12,18-19,25H,1,3-4,7-11,13-14H2/t18-,19-/m1/s1. The summed E-state index contributed by atoms with van der Waals surface area (Å²) in [6, 6.07) is 5.50. The fourth-order valence-corrected chi connectivity index (χ4v) is 4.46. The summed E-state index contributed by atoms with van der Waals surface area (Å²) in [6.45, 7) is 8.03. The van der Waals surface area contributed by atoms with Crippen molar-refractivity contribution in [2.24, 2.45) is 0 Å². The Bertz CT molecular complexity index is 775. The first kappa shape index (κ1) is 19.1. The number of fused-ring (bicyclic) bond motifs is 1. The molecule has 4 rings (SSSR count). The zero-order valence-corrected chi connectivity index (χ0v) is 16.0. The number of amides is 2. The molecule has 2 atom stereocenters. The minimum atomic E-state index is -0.541. The Hall–Kier alpha value is -2.22. The van der Waals surface area contributed by atoms with Gasteiger partial charge in [0.25, 0.3) is 5.91 Å². The van der Waals surface area contributed by atoms with Crippen LogP contribution in [0.5, 0.6) is 0 Å². The summed E-state index contributed by atoms with van der Waals surface area (Å²) in [4.78, 5) is 30.8. The highest BCUT2D eigenvalue weighted by atomic mass is 16.5. The second-order valence-corrected chi connectivity index (χ2v) is 7.63. The van der Waals surface area contributed by atoms with Gasteiger partial charge in [-0.25, -0.2) is 0 Å². The predicted octanol–water partition coefficient (Wildman–Crippen LogP) is 0.669. The number of hydrogen-bond acceptors (Lipinski definition) is 5. The molecule has 150 valence electrons. The van der Waals surface area contributed by atoms with E-state index in [2.05, 4.69) is 11.5 Å². The molecular weight excluding hydrogens is 358 g/mol. The van der Waals surface area contributed by atoms with Crippen LogP contribution in [0.25, 0.3) is 0 Å². The summed E-state index contributed by atoms with van der Waals surface area (Å²) in [5.74, 6) is -0.180. The van der Waals surface area contributed by atoms with Gasteiger partial charge in [0, 0.05) is 44.0 Å². The maximum absolute atomic E-state index is 13.1. The smallest absolute Gasteiger partial charge is 0.254 e. The molecule has 3 aliphatic rings. The molecule has 0 aromatic heterocycles. The van der Waals surface area contributed by atoms with Crippen molar-refractivity contribution in [1.29, 1.82) is 0 Å². The van der Waals surface area contributed by atoms with Crippen molar-refractivity contribution >= 4 is 17.5 Å². The van der Waals surface area contributed by atoms with Crippen LogP contribution in [-0.2, 0) is 16.0 Å². The Balaban J connectivity index is 1.49. The van der Waals surface area contributed by atoms with E-state index in [1.54, 1.807) is 15.9 Å². The zero-order valence-electron chi connectivity index (χ0n) is 16.0. The van der Waals surface area contributed by atoms with E-state index in [1.807, 2.05) is 12.1 Å². The first-order valence-corrected chi connectivity index (χ1v) is 9.94. The first-order chi connectivity index (χ1) is 13.6. The molecule has 2 amide bonds. The second kappa shape index (κ2) is 8.03. The molecule has 0 unspecified atom stereocenters. The second-order valence-electron chi connectivity index (χ2n) is 7.63. The molecule has 0 bridgehead atoms. The third-order valence-electron chi connectivity index (χ3n) is 5.95. The fraction of sp³-hybridized carbons (Fsp3) is 0.524. The van der Waals surface area contributed by atoms with Crippen LogP contribution in [0.3, 0.4) is 0 Å². The minimum Gasteiger partial charge on any atom is -0.390 e. The lowest BCUT2D eigenvalue weighted by molar-refractivity contribution is -0.114. The molecule has 0 aliphatic carbocycles. The van der Waals surface area contributed by atoms with Gasteiger partial charge in [0.15, 0.2) is 0 Å². The highest BCUT2D eigenvalue weighted by Gasteiger charge is 2.38. The van der Waals surface area contributed by atoms with Gasteiger partial charge in [-0.3, -0.25) is 14.5 Å². The molecule has 0 radical (unpaired) electrons. The number of anilines is 1. The Morgan fingerprint density at radius 2 is 1.96 bits per heavy atom. The summed E-state index contributed by atoms with van der Waals surface area (Å²) in [7, 11) is 0. The number of ether oxygens (including phenoxy) is 1. The Labute approximate surface area is 165 Å². The number of nitrogens with zero attached hydrogens (tertiary/aromatic N) is 3. The lowest BCUT2D eigenvalue weighted by Gasteiger charge is -2.33. The molecule has 0 spiro atoms. The molecule has 1 N–H and O–H groups in total. The highest BCUT2D eigenvalue weighted by molar-refractivity contribution is 6.02. The molecule has 2 saturated heterocycles. The fourth-order valence-electron chi connectivity index (χ4n) is 4.46. The van der Waals surface area contributed by atoms with Gasteiger partial charge in [0.1, 0.15) is 0 Å². The van der Waals surface area contributed by atoms with Crippen molar-refractivity contribution in [2.45, 2.75) is 25.0 Å². The average molecular weight is 385 g/mol. The van der Waals surface area contributed by atoms with E-state index in [0.717, 1.165) is 37.2 Å². The molecule has 3 heterocycles. The van der Waals surface area contributed by atoms with E-state index in [-0.39, 0.29) is 17.9 Å². The van der Waals surface area contributed by atoms with Crippen LogP contribution in [0.4, 0.5) is 5.69 Å². The number of aliphatic hydroxyl groups is 1. The van der Waals surface area contributed by atoms with Crippen molar-refractivity contribution in [1.82, 2.24) is 9.80 Å². The number of rotatable bonds is 3. The minimum absolute atomic E-state index is 0.0359. The van der Waals surface area contributed by atoms with Gasteiger partial charge in [0.05, 0.1) is 25.4 Å². The highest BCUT2D eigenvalue weighted by Crippen LogP contribution is 2.29. The molecular formula is C21H27N3O4. The summed E-state index contributed by atoms with van der Waals surface area (Å²) in [5, 5.41) is 10.5. The number of benzene rings is 1. The number of carbonyl (C=O) groups excluding carboxylic acids is 2. The third kappa shape index (κ3) is 3.57. The summed E-state index contributed by atoms with van der Waals surface area (Å²) in [6.07, 6.45) is 2.49. The quantitative estimate of drug-likeness (QED) is 0.775. The summed E-state index contributed by atoms with van der Waals surface area (Å²) >= 11 is 0. The predicted molar refractivity (Wildman–Crippen MR) is 105 cm³/mol. The number of morpholine rings is 1. The molecule has 1 aromatic rings. The molecule has 1 aromatic carbocycles. The van der Waals surface area contributed by atoms with Crippen LogP contribution in [0.2, 0.25) is 0 Å². The largest absolute Gasteiger partial charge is 0.390 e. The Kier molecular flexibility index (Phi) is 5.48. The summed E-state index contributed by atoms with van der Waals surface area (Å²) in [5.41, 5.74) is 2.48. The molecule has 28 heavy (non-hydrogen) atoms. The van der Waals surface area contributed by atoms with Crippen molar-refractivity contribution in [3.8, 4) is 0 Å². The monoisotopic (exact) mass is 385 g/mol. The molecule has 3 aliphatic heterocycles. The van der Waals surface area contributed by atoms with Crippen molar-refractivity contribution < 1.29 is 19.4 Å². The number of carbonyl (C=O) groups is 2. The number of likely N-dealkylation sites (tertiary alicyclic amines) is 1. The van der Waals surface area contributed by atoms with Gasteiger partial charge in [0.2, 0.25) is 5.91 Å². The lowest BCUT2D eigenvalue weighted by Crippen LogP contribution is -2.49. The van der Waals surface area contributed by atoms with Crippen molar-refractivity contribution in [3.05, 3.63) is 42.0 Å². The van der Waals surface area contributed by atoms with Crippen molar-refractivity contribution in [2.75, 3.05) is 50.8 Å². The third-order valence-corrected chi connectivity index (χ3v) is 5.95. The molecule has 7 heteroatoms. The van der Waals surface area contributed by atoms with E-state index >= 15 is 0 Å². The first-order valence-electron chi connectivity index (χ1n) is 9.94.